The van der Waals surface area contributed by atoms with Gasteiger partial charge in [-0.1, -0.05) is 0 Å². The van der Waals surface area contributed by atoms with E-state index in [1.807, 2.05) is 0 Å². The molecular formula is C10H17P. The summed E-state index contributed by atoms with van der Waals surface area (Å²) in [7, 11) is 0.480. The number of hydrogen-bond acceptors (Lipinski definition) is 0. The lowest BCUT2D eigenvalue weighted by Gasteiger charge is -2.27. The smallest absolute Gasteiger partial charge is 0.0152 e. The highest BCUT2D eigenvalue weighted by Crippen LogP contribution is 2.65. The molecule has 0 nitrogen and oxygen atoms in total. The monoisotopic (exact) mass is 168 g/mol. The molecule has 0 aromatic carbocycles. The molecule has 0 N–H and O–H groups in total. The minimum atomic E-state index is 0.480. The summed E-state index contributed by atoms with van der Waals surface area (Å²) < 4.78 is 0. The lowest BCUT2D eigenvalue weighted by molar-refractivity contribution is 0.348. The Morgan fingerprint density at radius 1 is 1.09 bits per heavy atom. The highest BCUT2D eigenvalue weighted by Gasteiger charge is 2.51. The zero-order valence-electron chi connectivity index (χ0n) is 7.29. The van der Waals surface area contributed by atoms with E-state index in [2.05, 4.69) is 6.66 Å². The maximum absolute atomic E-state index is 2.56. The van der Waals surface area contributed by atoms with Crippen LogP contribution in [0.2, 0.25) is 0 Å². The van der Waals surface area contributed by atoms with Crippen LogP contribution in [0.25, 0.3) is 0 Å². The Hall–Kier alpha value is 0.430. The van der Waals surface area contributed by atoms with Gasteiger partial charge in [0.05, 0.1) is 0 Å². The first-order valence-corrected chi connectivity index (χ1v) is 7.11. The molecule has 0 aromatic heterocycles. The van der Waals surface area contributed by atoms with Gasteiger partial charge in [0.15, 0.2) is 0 Å². The van der Waals surface area contributed by atoms with Gasteiger partial charge in [0, 0.05) is 0 Å². The van der Waals surface area contributed by atoms with Gasteiger partial charge >= 0.3 is 0 Å². The first kappa shape index (κ1) is 6.89. The molecule has 3 aliphatic rings. The van der Waals surface area contributed by atoms with Crippen molar-refractivity contribution in [2.75, 3.05) is 12.8 Å². The predicted molar refractivity (Wildman–Crippen MR) is 50.4 cm³/mol. The minimum Gasteiger partial charge on any atom is -0.106 e. The predicted octanol–water partition coefficient (Wildman–Crippen LogP) is 2.92. The average Bonchev–Trinajstić information content (AvgIpc) is 2.60. The molecule has 1 heterocycles. The maximum Gasteiger partial charge on any atom is -0.0152 e. The van der Waals surface area contributed by atoms with E-state index in [-0.39, 0.29) is 0 Å². The maximum atomic E-state index is 2.56. The van der Waals surface area contributed by atoms with Gasteiger partial charge in [-0.05, 0) is 61.9 Å². The lowest BCUT2D eigenvalue weighted by Crippen LogP contribution is -2.20. The molecule has 2 saturated carbocycles. The van der Waals surface area contributed by atoms with Crippen LogP contribution in [0.15, 0.2) is 0 Å². The summed E-state index contributed by atoms with van der Waals surface area (Å²) in [5, 5.41) is 0. The van der Waals surface area contributed by atoms with Gasteiger partial charge in [-0.25, -0.2) is 0 Å². The highest BCUT2D eigenvalue weighted by atomic mass is 31.1. The third-order valence-electron chi connectivity index (χ3n) is 4.36. The molecule has 3 rings (SSSR count). The van der Waals surface area contributed by atoms with Crippen molar-refractivity contribution < 1.29 is 0 Å². The summed E-state index contributed by atoms with van der Waals surface area (Å²) in [6.45, 7) is 2.56. The summed E-state index contributed by atoms with van der Waals surface area (Å²) in [4.78, 5) is 0. The van der Waals surface area contributed by atoms with E-state index in [0.29, 0.717) is 7.92 Å². The molecule has 62 valence electrons. The number of fused-ring (bicyclic) bond motifs is 5. The van der Waals surface area contributed by atoms with Gasteiger partial charge in [-0.2, -0.15) is 0 Å². The molecule has 5 unspecified atom stereocenters. The van der Waals surface area contributed by atoms with Crippen LogP contribution in [0, 0.1) is 17.8 Å². The largest absolute Gasteiger partial charge is 0.106 e. The van der Waals surface area contributed by atoms with Crippen molar-refractivity contribution in [3.05, 3.63) is 0 Å². The van der Waals surface area contributed by atoms with E-state index in [1.54, 1.807) is 31.8 Å². The van der Waals surface area contributed by atoms with E-state index < -0.39 is 0 Å². The molecule has 2 bridgehead atoms. The van der Waals surface area contributed by atoms with Crippen molar-refractivity contribution in [2.24, 2.45) is 17.8 Å². The van der Waals surface area contributed by atoms with Gasteiger partial charge in [0.2, 0.25) is 0 Å². The van der Waals surface area contributed by atoms with Crippen molar-refractivity contribution in [3.8, 4) is 0 Å². The van der Waals surface area contributed by atoms with Gasteiger partial charge in [0.1, 0.15) is 0 Å². The third-order valence-corrected chi connectivity index (χ3v) is 7.15. The molecule has 1 saturated heterocycles. The molecular weight excluding hydrogens is 151 g/mol. The van der Waals surface area contributed by atoms with Crippen molar-refractivity contribution in [1.29, 1.82) is 0 Å². The van der Waals surface area contributed by atoms with Crippen molar-refractivity contribution >= 4 is 7.92 Å². The minimum absolute atomic E-state index is 0.480. The summed E-state index contributed by atoms with van der Waals surface area (Å²) in [5.41, 5.74) is 1.24. The van der Waals surface area contributed by atoms with E-state index in [1.165, 1.54) is 23.4 Å². The van der Waals surface area contributed by atoms with E-state index in [0.717, 1.165) is 0 Å². The average molecular weight is 168 g/mol. The molecule has 3 fully saturated rings. The van der Waals surface area contributed by atoms with E-state index >= 15 is 0 Å². The zero-order chi connectivity index (χ0) is 7.42. The summed E-state index contributed by atoms with van der Waals surface area (Å²) in [5.74, 6) is 3.60. The Morgan fingerprint density at radius 3 is 2.73 bits per heavy atom. The Kier molecular flexibility index (Phi) is 1.39. The van der Waals surface area contributed by atoms with Crippen molar-refractivity contribution in [1.82, 2.24) is 0 Å². The van der Waals surface area contributed by atoms with Crippen LogP contribution >= 0.6 is 7.92 Å². The topological polar surface area (TPSA) is 0 Å². The summed E-state index contributed by atoms with van der Waals surface area (Å²) in [6, 6.07) is 0. The molecule has 0 amide bonds. The summed E-state index contributed by atoms with van der Waals surface area (Å²) in [6.07, 6.45) is 8.03. The fourth-order valence-electron chi connectivity index (χ4n) is 3.98. The van der Waals surface area contributed by atoms with Crippen LogP contribution in [-0.2, 0) is 0 Å². The van der Waals surface area contributed by atoms with Crippen LogP contribution in [0.4, 0.5) is 0 Å². The van der Waals surface area contributed by atoms with Crippen molar-refractivity contribution in [3.63, 3.8) is 0 Å². The SMILES string of the molecule is CP1CCC2C3CCC(C3)C21. The Bertz CT molecular complexity index is 178. The first-order valence-electron chi connectivity index (χ1n) is 5.06. The molecule has 1 heteroatoms. The second-order valence-corrected chi connectivity index (χ2v) is 7.31. The molecule has 1 aliphatic heterocycles. The van der Waals surface area contributed by atoms with Crippen LogP contribution in [-0.4, -0.2) is 18.5 Å². The molecule has 11 heavy (non-hydrogen) atoms. The van der Waals surface area contributed by atoms with E-state index in [4.69, 9.17) is 0 Å². The number of rotatable bonds is 0. The molecule has 0 spiro atoms. The molecule has 2 aliphatic carbocycles. The Labute approximate surface area is 70.5 Å². The second kappa shape index (κ2) is 2.22. The van der Waals surface area contributed by atoms with Gasteiger partial charge in [-0.3, -0.25) is 0 Å². The van der Waals surface area contributed by atoms with Gasteiger partial charge in [-0.15, -0.1) is 7.92 Å². The normalized spacial score (nSPS) is 60.3. The molecule has 5 atom stereocenters. The quantitative estimate of drug-likeness (QED) is 0.488. The van der Waals surface area contributed by atoms with Gasteiger partial charge < -0.3 is 0 Å². The van der Waals surface area contributed by atoms with Crippen LogP contribution in [0.3, 0.4) is 0 Å². The van der Waals surface area contributed by atoms with Crippen LogP contribution < -0.4 is 0 Å². The molecule has 0 radical (unpaired) electrons. The van der Waals surface area contributed by atoms with Gasteiger partial charge in [0.25, 0.3) is 0 Å². The highest BCUT2D eigenvalue weighted by molar-refractivity contribution is 7.58. The Balaban J connectivity index is 1.91. The fraction of sp³-hybridized carbons (Fsp3) is 1.00. The third kappa shape index (κ3) is 0.800. The standard InChI is InChI=1S/C10H17P/c1-11-5-4-9-7-2-3-8(6-7)10(9)11/h7-10H,2-6H2,1H3. The van der Waals surface area contributed by atoms with E-state index in [9.17, 15) is 0 Å². The van der Waals surface area contributed by atoms with Crippen LogP contribution in [0.5, 0.6) is 0 Å². The first-order chi connectivity index (χ1) is 5.36. The Morgan fingerprint density at radius 2 is 1.91 bits per heavy atom. The lowest BCUT2D eigenvalue weighted by atomic mass is 9.87. The van der Waals surface area contributed by atoms with Crippen LogP contribution in [0.1, 0.15) is 25.7 Å². The number of hydrogen-bond donors (Lipinski definition) is 0. The summed E-state index contributed by atoms with van der Waals surface area (Å²) >= 11 is 0. The zero-order valence-corrected chi connectivity index (χ0v) is 8.19. The second-order valence-electron chi connectivity index (χ2n) is 4.76. The molecule has 0 aromatic rings. The van der Waals surface area contributed by atoms with Crippen molar-refractivity contribution in [2.45, 2.75) is 31.3 Å². The fourth-order valence-corrected chi connectivity index (χ4v) is 7.02.